The molecule has 1 saturated heterocycles. The molecule has 0 amide bonds. The van der Waals surface area contributed by atoms with Gasteiger partial charge in [0.25, 0.3) is 0 Å². The summed E-state index contributed by atoms with van der Waals surface area (Å²) in [5.41, 5.74) is 1.37. The molecule has 3 rings (SSSR count). The number of likely N-dealkylation sites (tertiary alicyclic amines) is 1. The van der Waals surface area contributed by atoms with Crippen molar-refractivity contribution in [3.63, 3.8) is 0 Å². The predicted octanol–water partition coefficient (Wildman–Crippen LogP) is 6.83. The molecule has 8 atom stereocenters. The van der Waals surface area contributed by atoms with Crippen molar-refractivity contribution in [1.29, 1.82) is 0 Å². The lowest BCUT2D eigenvalue weighted by Crippen LogP contribution is -2.49. The zero-order valence-corrected chi connectivity index (χ0v) is 24.7. The summed E-state index contributed by atoms with van der Waals surface area (Å²) in [5.74, 6) is 2.29. The van der Waals surface area contributed by atoms with Gasteiger partial charge < -0.3 is 4.90 Å². The van der Waals surface area contributed by atoms with E-state index in [9.17, 15) is 0 Å². The van der Waals surface area contributed by atoms with Gasteiger partial charge in [-0.2, -0.15) is 5.10 Å². The zero-order valence-electron chi connectivity index (χ0n) is 22.4. The largest absolute Gasteiger partial charge is 0.302 e. The average molecular weight is 568 g/mol. The summed E-state index contributed by atoms with van der Waals surface area (Å²) in [6.45, 7) is 18.0. The van der Waals surface area contributed by atoms with E-state index in [2.05, 4.69) is 89.7 Å². The molecule has 4 nitrogen and oxygen atoms in total. The van der Waals surface area contributed by atoms with Crippen molar-refractivity contribution in [3.8, 4) is 0 Å². The van der Waals surface area contributed by atoms with Crippen LogP contribution < -0.4 is 5.32 Å². The molecule has 0 bridgehead atoms. The predicted molar refractivity (Wildman–Crippen MR) is 156 cm³/mol. The quantitative estimate of drug-likeness (QED) is 0.207. The number of rotatable bonds is 12. The van der Waals surface area contributed by atoms with E-state index in [0.29, 0.717) is 34.5 Å². The van der Waals surface area contributed by atoms with Crippen LogP contribution in [0, 0.1) is 23.7 Å². The lowest BCUT2D eigenvalue weighted by Gasteiger charge is -2.40. The first-order chi connectivity index (χ1) is 16.8. The minimum absolute atomic E-state index is 0.182. The van der Waals surface area contributed by atoms with E-state index in [1.54, 1.807) is 0 Å². The number of halogens is 2. The van der Waals surface area contributed by atoms with Crippen LogP contribution in [0.1, 0.15) is 66.2 Å². The first-order valence-corrected chi connectivity index (χ1v) is 15.2. The van der Waals surface area contributed by atoms with Gasteiger partial charge >= 0.3 is 0 Å². The fraction of sp³-hybridized carbons (Fsp3) is 0.759. The van der Waals surface area contributed by atoms with Crippen LogP contribution in [0.2, 0.25) is 0 Å². The minimum atomic E-state index is 0.182. The van der Waals surface area contributed by atoms with Crippen molar-refractivity contribution in [3.05, 3.63) is 36.5 Å². The van der Waals surface area contributed by atoms with Crippen molar-refractivity contribution in [2.45, 2.75) is 88.6 Å². The molecule has 0 radical (unpaired) electrons. The normalized spacial score (nSPS) is 33.5. The summed E-state index contributed by atoms with van der Waals surface area (Å²) >= 11 is 10.5. The second kappa shape index (κ2) is 14.4. The van der Waals surface area contributed by atoms with Gasteiger partial charge in [-0.15, -0.1) is 11.6 Å². The third-order valence-corrected chi connectivity index (χ3v) is 9.92. The molecule has 8 unspecified atom stereocenters. The second-order valence-electron chi connectivity index (χ2n) is 11.0. The number of alkyl halides is 2. The molecule has 0 aromatic carbocycles. The third kappa shape index (κ3) is 8.18. The van der Waals surface area contributed by atoms with Crippen LogP contribution in [0.3, 0.4) is 0 Å². The second-order valence-corrected chi connectivity index (χ2v) is 12.6. The van der Waals surface area contributed by atoms with Crippen molar-refractivity contribution in [1.82, 2.24) is 15.2 Å². The Labute approximate surface area is 228 Å². The highest BCUT2D eigenvalue weighted by molar-refractivity contribution is 9.10. The van der Waals surface area contributed by atoms with E-state index in [1.807, 2.05) is 6.21 Å². The summed E-state index contributed by atoms with van der Waals surface area (Å²) in [7, 11) is 0. The molecular weight excluding hydrogens is 520 g/mol. The molecule has 0 saturated carbocycles. The van der Waals surface area contributed by atoms with Crippen LogP contribution in [0.4, 0.5) is 0 Å². The molecule has 1 aliphatic carbocycles. The van der Waals surface area contributed by atoms with Crippen molar-refractivity contribution in [2.24, 2.45) is 28.8 Å². The minimum Gasteiger partial charge on any atom is -0.302 e. The zero-order chi connectivity index (χ0) is 25.4. The number of allylic oxidation sites excluding steroid dienone is 4. The van der Waals surface area contributed by atoms with Gasteiger partial charge in [0.1, 0.15) is 6.17 Å². The molecule has 1 fully saturated rings. The van der Waals surface area contributed by atoms with E-state index >= 15 is 0 Å². The number of hydrazone groups is 1. The molecule has 6 heteroatoms. The van der Waals surface area contributed by atoms with Crippen LogP contribution in [-0.4, -0.2) is 64.7 Å². The first-order valence-electron chi connectivity index (χ1n) is 13.9. The lowest BCUT2D eigenvalue weighted by molar-refractivity contribution is 0.123. The van der Waals surface area contributed by atoms with Crippen LogP contribution in [-0.2, 0) is 0 Å². The van der Waals surface area contributed by atoms with Gasteiger partial charge in [-0.1, -0.05) is 72.7 Å². The summed E-state index contributed by atoms with van der Waals surface area (Å²) in [6.07, 6.45) is 18.0. The molecule has 2 heterocycles. The Morgan fingerprint density at radius 1 is 1.37 bits per heavy atom. The Hall–Kier alpha value is -0.620. The Balaban J connectivity index is 1.61. The van der Waals surface area contributed by atoms with E-state index in [4.69, 9.17) is 16.7 Å². The molecule has 35 heavy (non-hydrogen) atoms. The van der Waals surface area contributed by atoms with Gasteiger partial charge in [-0.25, -0.2) is 0 Å². The lowest BCUT2D eigenvalue weighted by atomic mass is 9.83. The highest BCUT2D eigenvalue weighted by atomic mass is 79.9. The fourth-order valence-corrected chi connectivity index (χ4v) is 6.54. The summed E-state index contributed by atoms with van der Waals surface area (Å²) in [6, 6.07) is 0.334. The standard InChI is InChI=1S/C29H48BrClN4/c1-6-8-12-24(7-2)17-32-29(35-23(5)27(30)18-33-35)16-22(4)25-13-10-15-34(19-25)20-26-21(3)11-9-14-28(26)31/h6,8-9,11,18,21,23-29,32H,4,7,10,12-17,19-20H2,1-3,5H3/b8-6-. The summed E-state index contributed by atoms with van der Waals surface area (Å²) < 4.78 is 0. The topological polar surface area (TPSA) is 30.9 Å². The van der Waals surface area contributed by atoms with E-state index < -0.39 is 0 Å². The number of nitrogens with one attached hydrogen (secondary N) is 1. The molecule has 3 aliphatic rings. The number of hydrogen-bond donors (Lipinski definition) is 1. The van der Waals surface area contributed by atoms with Gasteiger partial charge in [0.05, 0.1) is 10.9 Å². The maximum Gasteiger partial charge on any atom is 0.101 e. The Morgan fingerprint density at radius 3 is 2.83 bits per heavy atom. The first kappa shape index (κ1) is 28.9. The highest BCUT2D eigenvalue weighted by Crippen LogP contribution is 2.33. The van der Waals surface area contributed by atoms with E-state index in [0.717, 1.165) is 38.9 Å². The average Bonchev–Trinajstić information content (AvgIpc) is 3.18. The van der Waals surface area contributed by atoms with Gasteiger partial charge in [-0.3, -0.25) is 10.3 Å². The van der Waals surface area contributed by atoms with Crippen molar-refractivity contribution in [2.75, 3.05) is 26.2 Å². The van der Waals surface area contributed by atoms with Crippen LogP contribution in [0.5, 0.6) is 0 Å². The van der Waals surface area contributed by atoms with Gasteiger partial charge in [-0.05, 0) is 69.7 Å². The number of hydrogen-bond acceptors (Lipinski definition) is 4. The Morgan fingerprint density at radius 2 is 2.17 bits per heavy atom. The summed E-state index contributed by atoms with van der Waals surface area (Å²) in [5, 5.41) is 11.2. The Kier molecular flexibility index (Phi) is 11.9. The molecule has 0 spiro atoms. The third-order valence-electron chi connectivity index (χ3n) is 8.41. The monoisotopic (exact) mass is 566 g/mol. The van der Waals surface area contributed by atoms with E-state index in [1.165, 1.54) is 31.4 Å². The van der Waals surface area contributed by atoms with Crippen molar-refractivity contribution < 1.29 is 0 Å². The number of nitrogens with zero attached hydrogens (tertiary/aromatic N) is 3. The maximum absolute atomic E-state index is 6.74. The summed E-state index contributed by atoms with van der Waals surface area (Å²) in [4.78, 5) is 2.96. The van der Waals surface area contributed by atoms with Gasteiger partial charge in [0.2, 0.25) is 0 Å². The van der Waals surface area contributed by atoms with E-state index in [-0.39, 0.29) is 11.5 Å². The molecule has 2 aliphatic heterocycles. The molecule has 198 valence electrons. The molecule has 1 N–H and O–H groups in total. The smallest absolute Gasteiger partial charge is 0.101 e. The SMILES string of the molecule is C=C(CC(NCC(CC)C/C=C\C)N1N=CC(Br)C1C)C1CCCN(CC2C(C)C=CCC2Cl)C1. The van der Waals surface area contributed by atoms with Crippen LogP contribution in [0.15, 0.2) is 41.6 Å². The van der Waals surface area contributed by atoms with Crippen LogP contribution in [0.25, 0.3) is 0 Å². The molecule has 0 aromatic rings. The van der Waals surface area contributed by atoms with Gasteiger partial charge in [0.15, 0.2) is 0 Å². The maximum atomic E-state index is 6.74. The van der Waals surface area contributed by atoms with Gasteiger partial charge in [0, 0.05) is 37.6 Å². The number of piperidine rings is 1. The molecular formula is C29H48BrClN4. The highest BCUT2D eigenvalue weighted by Gasteiger charge is 2.34. The Bertz CT molecular complexity index is 753. The van der Waals surface area contributed by atoms with Crippen LogP contribution >= 0.6 is 27.5 Å². The molecule has 0 aromatic heterocycles. The fourth-order valence-electron chi connectivity index (χ4n) is 5.78. The van der Waals surface area contributed by atoms with Crippen molar-refractivity contribution >= 4 is 33.7 Å².